The number of nitriles is 1. The van der Waals surface area contributed by atoms with Crippen molar-refractivity contribution in [1.82, 2.24) is 24.2 Å². The number of likely N-dealkylation sites (N-methyl/N-ethyl adjacent to an activating group) is 1. The highest BCUT2D eigenvalue weighted by atomic mass is 28.3. The molecule has 230 valence electrons. The molecule has 1 aliphatic heterocycles. The van der Waals surface area contributed by atoms with Crippen molar-refractivity contribution in [2.24, 2.45) is 18.4 Å². The van der Waals surface area contributed by atoms with Gasteiger partial charge in [0.2, 0.25) is 5.91 Å². The minimum Gasteiger partial charge on any atom is -0.379 e. The number of morpholine rings is 1. The van der Waals surface area contributed by atoms with Gasteiger partial charge in [-0.25, -0.2) is 9.67 Å². The first-order valence-corrected chi connectivity index (χ1v) is 19.3. The van der Waals surface area contributed by atoms with E-state index >= 15 is 0 Å². The second kappa shape index (κ2) is 11.1. The molecule has 2 aromatic heterocycles. The van der Waals surface area contributed by atoms with Gasteiger partial charge in [-0.2, -0.15) is 10.4 Å². The second-order valence-corrected chi connectivity index (χ2v) is 19.9. The number of fused-ring (bicyclic) bond motifs is 3. The predicted octanol–water partition coefficient (Wildman–Crippen LogP) is 4.43. The lowest BCUT2D eigenvalue weighted by molar-refractivity contribution is -0.124. The fraction of sp³-hybridized carbons (Fsp3) is 0.625. The van der Waals surface area contributed by atoms with Gasteiger partial charge in [0.15, 0.2) is 5.82 Å². The lowest BCUT2D eigenvalue weighted by Gasteiger charge is -2.33. The summed E-state index contributed by atoms with van der Waals surface area (Å²) >= 11 is 0. The van der Waals surface area contributed by atoms with Gasteiger partial charge in [0.1, 0.15) is 18.5 Å². The highest BCUT2D eigenvalue weighted by molar-refractivity contribution is 6.76. The molecule has 3 atom stereocenters. The van der Waals surface area contributed by atoms with Gasteiger partial charge < -0.3 is 18.9 Å². The van der Waals surface area contributed by atoms with Crippen LogP contribution in [-0.4, -0.2) is 84.2 Å². The van der Waals surface area contributed by atoms with E-state index in [9.17, 15) is 10.1 Å². The van der Waals surface area contributed by atoms with E-state index in [0.29, 0.717) is 42.5 Å². The van der Waals surface area contributed by atoms with E-state index in [0.717, 1.165) is 61.1 Å². The minimum absolute atomic E-state index is 0.0525. The van der Waals surface area contributed by atoms with Crippen LogP contribution in [0.2, 0.25) is 25.7 Å². The molecular weight excluding hydrogens is 558 g/mol. The maximum atomic E-state index is 13.5. The molecule has 0 spiro atoms. The summed E-state index contributed by atoms with van der Waals surface area (Å²) in [5.74, 6) is 1.42. The Labute approximate surface area is 255 Å². The third-order valence-electron chi connectivity index (χ3n) is 9.91. The molecule has 2 fully saturated rings. The Morgan fingerprint density at radius 3 is 2.74 bits per heavy atom. The van der Waals surface area contributed by atoms with Crippen molar-refractivity contribution in [1.29, 1.82) is 5.26 Å². The zero-order chi connectivity index (χ0) is 30.7. The fourth-order valence-electron chi connectivity index (χ4n) is 6.76. The van der Waals surface area contributed by atoms with Crippen LogP contribution >= 0.6 is 0 Å². The summed E-state index contributed by atoms with van der Waals surface area (Å²) in [5, 5.41) is 15.2. The largest absolute Gasteiger partial charge is 0.379 e. The highest BCUT2D eigenvalue weighted by Gasteiger charge is 2.54. The Morgan fingerprint density at radius 2 is 2.05 bits per heavy atom. The maximum Gasteiger partial charge on any atom is 0.243 e. The van der Waals surface area contributed by atoms with E-state index in [2.05, 4.69) is 42.2 Å². The van der Waals surface area contributed by atoms with E-state index in [1.54, 1.807) is 11.9 Å². The van der Waals surface area contributed by atoms with Gasteiger partial charge in [0, 0.05) is 53.1 Å². The number of carbonyl (C=O) groups is 1. The zero-order valence-electron chi connectivity index (χ0n) is 26.7. The Hall–Kier alpha value is -3.04. The van der Waals surface area contributed by atoms with Crippen LogP contribution in [0.5, 0.6) is 0 Å². The molecule has 2 aliphatic carbocycles. The Balaban J connectivity index is 1.33. The molecule has 3 heterocycles. The van der Waals surface area contributed by atoms with Crippen molar-refractivity contribution in [3.8, 4) is 17.6 Å². The topological polar surface area (TPSA) is 101 Å². The summed E-state index contributed by atoms with van der Waals surface area (Å²) in [6.45, 7) is 15.3. The number of aromatic nitrogens is 4. The predicted molar refractivity (Wildman–Crippen MR) is 170 cm³/mol. The molecule has 1 amide bonds. The number of nitrogens with zero attached hydrogens (tertiary/aromatic N) is 7. The molecule has 1 saturated heterocycles. The summed E-state index contributed by atoms with van der Waals surface area (Å²) in [6, 6.07) is 6.87. The Bertz CT molecular complexity index is 1590. The van der Waals surface area contributed by atoms with E-state index < -0.39 is 8.07 Å². The molecule has 10 nitrogen and oxygen atoms in total. The van der Waals surface area contributed by atoms with Crippen molar-refractivity contribution in [3.05, 3.63) is 29.0 Å². The average Bonchev–Trinajstić information content (AvgIpc) is 3.40. The molecule has 3 aliphatic rings. The number of amides is 1. The first kappa shape index (κ1) is 30.0. The molecule has 0 bridgehead atoms. The summed E-state index contributed by atoms with van der Waals surface area (Å²) < 4.78 is 15.7. The summed E-state index contributed by atoms with van der Waals surface area (Å²) in [6.07, 6.45) is 3.27. The van der Waals surface area contributed by atoms with E-state index in [-0.39, 0.29) is 11.9 Å². The number of anilines is 1. The number of hydrogen-bond donors (Lipinski definition) is 0. The van der Waals surface area contributed by atoms with Crippen molar-refractivity contribution in [2.75, 3.05) is 44.9 Å². The van der Waals surface area contributed by atoms with Crippen LogP contribution < -0.4 is 4.90 Å². The van der Waals surface area contributed by atoms with Crippen LogP contribution in [0.15, 0.2) is 12.1 Å². The molecule has 0 radical (unpaired) electrons. The maximum absolute atomic E-state index is 13.5. The third-order valence-corrected chi connectivity index (χ3v) is 11.6. The number of carbonyl (C=O) groups excluding carboxylic acids is 1. The van der Waals surface area contributed by atoms with Gasteiger partial charge in [-0.1, -0.05) is 26.6 Å². The van der Waals surface area contributed by atoms with Gasteiger partial charge in [-0.15, -0.1) is 0 Å². The number of ether oxygens (including phenoxy) is 2. The van der Waals surface area contributed by atoms with Gasteiger partial charge in [0.25, 0.3) is 0 Å². The molecule has 0 N–H and O–H groups in total. The van der Waals surface area contributed by atoms with Gasteiger partial charge >= 0.3 is 0 Å². The number of benzene rings is 1. The number of imidazole rings is 1. The van der Waals surface area contributed by atoms with E-state index in [1.165, 1.54) is 17.7 Å². The Kier molecular flexibility index (Phi) is 7.78. The molecule has 1 unspecified atom stereocenters. The van der Waals surface area contributed by atoms with Crippen LogP contribution in [0.1, 0.15) is 37.1 Å². The zero-order valence-corrected chi connectivity index (χ0v) is 27.7. The summed E-state index contributed by atoms with van der Waals surface area (Å²) in [5.41, 5.74) is 6.42. The quantitative estimate of drug-likeness (QED) is 0.263. The average molecular weight is 604 g/mol. The third kappa shape index (κ3) is 5.66. The fourth-order valence-corrected chi connectivity index (χ4v) is 7.51. The smallest absolute Gasteiger partial charge is 0.243 e. The minimum atomic E-state index is -1.18. The molecule has 1 aromatic carbocycles. The van der Waals surface area contributed by atoms with E-state index in [1.807, 2.05) is 30.7 Å². The number of rotatable bonds is 9. The molecular formula is C32H45N7O3Si. The number of aryl methyl sites for hydroxylation is 1. The molecule has 1 saturated carbocycles. The molecule has 43 heavy (non-hydrogen) atoms. The molecule has 3 aromatic rings. The van der Waals surface area contributed by atoms with E-state index in [4.69, 9.17) is 19.6 Å². The first-order valence-electron chi connectivity index (χ1n) is 15.6. The lowest BCUT2D eigenvalue weighted by Crippen LogP contribution is -2.50. The summed E-state index contributed by atoms with van der Waals surface area (Å²) in [7, 11) is 2.55. The normalized spacial score (nSPS) is 22.6. The molecule has 11 heteroatoms. The van der Waals surface area contributed by atoms with Crippen molar-refractivity contribution < 1.29 is 14.3 Å². The van der Waals surface area contributed by atoms with Gasteiger partial charge in [-0.3, -0.25) is 9.69 Å². The van der Waals surface area contributed by atoms with Crippen LogP contribution in [0.25, 0.3) is 22.6 Å². The molecule has 6 rings (SSSR count). The van der Waals surface area contributed by atoms with Crippen LogP contribution in [-0.2, 0) is 40.9 Å². The highest BCUT2D eigenvalue weighted by Crippen LogP contribution is 2.60. The van der Waals surface area contributed by atoms with Crippen LogP contribution in [0, 0.1) is 22.7 Å². The van der Waals surface area contributed by atoms with Gasteiger partial charge in [0.05, 0.1) is 41.5 Å². The number of hydrogen-bond acceptors (Lipinski definition) is 7. The first-order chi connectivity index (χ1) is 20.4. The van der Waals surface area contributed by atoms with Crippen LogP contribution in [0.3, 0.4) is 0 Å². The van der Waals surface area contributed by atoms with Gasteiger partial charge in [-0.05, 0) is 55.7 Å². The van der Waals surface area contributed by atoms with Crippen molar-refractivity contribution in [3.63, 3.8) is 0 Å². The lowest BCUT2D eigenvalue weighted by atomic mass is 9.87. The SMILES string of the molecule is CC(C(=O)N(C)c1cc2nc(-c3nn(COCC[Si](C)(C)C)c4c3C[C@@H]3C[C@]3(C)C4)n(C)c2cc1C#N)N1CCOCC1. The van der Waals surface area contributed by atoms with Crippen molar-refractivity contribution >= 4 is 30.7 Å². The monoisotopic (exact) mass is 603 g/mol. The summed E-state index contributed by atoms with van der Waals surface area (Å²) in [4.78, 5) is 22.3. The Morgan fingerprint density at radius 1 is 1.30 bits per heavy atom. The van der Waals surface area contributed by atoms with Crippen molar-refractivity contribution in [2.45, 2.75) is 71.6 Å². The standard InChI is InChI=1S/C32H45N7O3Si/c1-21(38-8-10-41-11-9-38)31(40)37(4)26-16-25-27(14-22(26)19-33)36(3)30(34-25)29-24-15-23-17-32(23,2)18-28(24)39(35-29)20-42-12-13-43(5,6)7/h14,16,21,23H,8-13,15,17-18,20H2,1-7H3/t21?,23-,32-/m1/s1. The second-order valence-electron chi connectivity index (χ2n) is 14.2. The van der Waals surface area contributed by atoms with Crippen LogP contribution in [0.4, 0.5) is 5.69 Å².